The van der Waals surface area contributed by atoms with Gasteiger partial charge in [0.25, 0.3) is 0 Å². The highest BCUT2D eigenvalue weighted by molar-refractivity contribution is 14.1. The van der Waals surface area contributed by atoms with Crippen molar-refractivity contribution in [1.29, 1.82) is 0 Å². The average Bonchev–Trinajstić information content (AvgIpc) is 2.70. The SMILES string of the molecule is Cc1c(F)c2c3c(nc(=O)n(I)c3c1Cl)N1CC(C)N(C)CC1C(=O)N2. The molecule has 0 spiro atoms. The van der Waals surface area contributed by atoms with Gasteiger partial charge in [-0.05, 0) is 20.9 Å². The highest BCUT2D eigenvalue weighted by Crippen LogP contribution is 2.42. The Balaban J connectivity index is 2.14. The van der Waals surface area contributed by atoms with Crippen LogP contribution in [0, 0.1) is 12.7 Å². The van der Waals surface area contributed by atoms with Crippen LogP contribution in [-0.2, 0) is 4.79 Å². The number of nitrogens with one attached hydrogen (secondary N) is 1. The predicted molar refractivity (Wildman–Crippen MR) is 107 cm³/mol. The summed E-state index contributed by atoms with van der Waals surface area (Å²) in [5.41, 5.74) is 0.0710. The van der Waals surface area contributed by atoms with Crippen LogP contribution in [0.25, 0.3) is 10.9 Å². The lowest BCUT2D eigenvalue weighted by molar-refractivity contribution is -0.118. The van der Waals surface area contributed by atoms with E-state index in [1.54, 1.807) is 27.8 Å². The number of hydrogen-bond acceptors (Lipinski definition) is 5. The van der Waals surface area contributed by atoms with E-state index in [1.165, 1.54) is 9.70 Å². The molecule has 1 N–H and O–H groups in total. The Labute approximate surface area is 167 Å². The third-order valence-corrected chi connectivity index (χ3v) is 6.59. The van der Waals surface area contributed by atoms with E-state index in [1.807, 2.05) is 14.0 Å². The molecule has 1 saturated heterocycles. The summed E-state index contributed by atoms with van der Waals surface area (Å²) in [5, 5.41) is 3.21. The zero-order chi connectivity index (χ0) is 18.9. The normalized spacial score (nSPS) is 23.0. The fourth-order valence-electron chi connectivity index (χ4n) is 3.58. The van der Waals surface area contributed by atoms with Crippen LogP contribution in [0.15, 0.2) is 4.79 Å². The fourth-order valence-corrected chi connectivity index (χ4v) is 4.58. The van der Waals surface area contributed by atoms with Crippen LogP contribution >= 0.6 is 34.5 Å². The fraction of sp³-hybridized carbons (Fsp3) is 0.438. The molecule has 2 aliphatic rings. The van der Waals surface area contributed by atoms with E-state index in [0.717, 1.165) is 0 Å². The molecule has 4 rings (SSSR count). The third kappa shape index (κ3) is 2.36. The second-order valence-electron chi connectivity index (χ2n) is 6.80. The van der Waals surface area contributed by atoms with E-state index in [4.69, 9.17) is 11.6 Å². The second kappa shape index (κ2) is 6.03. The zero-order valence-electron chi connectivity index (χ0n) is 14.3. The lowest BCUT2D eigenvalue weighted by atomic mass is 10.1. The first-order valence-corrected chi connectivity index (χ1v) is 9.44. The number of rotatable bonds is 0. The van der Waals surface area contributed by atoms with Gasteiger partial charge in [0, 0.05) is 24.7 Å². The first-order chi connectivity index (χ1) is 12.2. The molecule has 26 heavy (non-hydrogen) atoms. The van der Waals surface area contributed by atoms with Gasteiger partial charge in [0.1, 0.15) is 11.9 Å². The Bertz CT molecular complexity index is 1030. The van der Waals surface area contributed by atoms with Gasteiger partial charge in [-0.25, -0.2) is 12.0 Å². The smallest absolute Gasteiger partial charge is 0.341 e. The van der Waals surface area contributed by atoms with Gasteiger partial charge in [-0.3, -0.25) is 9.69 Å². The summed E-state index contributed by atoms with van der Waals surface area (Å²) in [6.45, 7) is 4.49. The van der Waals surface area contributed by atoms with E-state index in [2.05, 4.69) is 15.2 Å². The monoisotopic (exact) mass is 491 g/mol. The molecule has 7 nitrogen and oxygen atoms in total. The molecule has 1 amide bonds. The van der Waals surface area contributed by atoms with Crippen LogP contribution in [0.5, 0.6) is 0 Å². The summed E-state index contributed by atoms with van der Waals surface area (Å²) in [4.78, 5) is 33.3. The van der Waals surface area contributed by atoms with Crippen molar-refractivity contribution in [3.05, 3.63) is 26.9 Å². The Morgan fingerprint density at radius 3 is 2.73 bits per heavy atom. The Morgan fingerprint density at radius 1 is 1.35 bits per heavy atom. The number of hydrogen-bond donors (Lipinski definition) is 1. The zero-order valence-corrected chi connectivity index (χ0v) is 17.2. The number of anilines is 2. The largest absolute Gasteiger partial charge is 0.359 e. The number of piperazine rings is 1. The quantitative estimate of drug-likeness (QED) is 0.572. The summed E-state index contributed by atoms with van der Waals surface area (Å²) in [6.07, 6.45) is 0. The molecule has 0 aliphatic carbocycles. The number of carbonyl (C=O) groups is 1. The highest BCUT2D eigenvalue weighted by Gasteiger charge is 2.40. The lowest BCUT2D eigenvalue weighted by Crippen LogP contribution is -2.60. The molecule has 1 fully saturated rings. The summed E-state index contributed by atoms with van der Waals surface area (Å²) >= 11 is 8.18. The van der Waals surface area contributed by atoms with Crippen LogP contribution in [0.3, 0.4) is 0 Å². The molecule has 138 valence electrons. The van der Waals surface area contributed by atoms with Crippen molar-refractivity contribution in [3.8, 4) is 0 Å². The number of nitrogens with zero attached hydrogens (tertiary/aromatic N) is 4. The van der Waals surface area contributed by atoms with Gasteiger partial charge in [0.05, 0.1) is 44.5 Å². The summed E-state index contributed by atoms with van der Waals surface area (Å²) in [7, 11) is 1.93. The van der Waals surface area contributed by atoms with Crippen molar-refractivity contribution in [2.75, 3.05) is 30.4 Å². The van der Waals surface area contributed by atoms with Crippen molar-refractivity contribution in [2.24, 2.45) is 0 Å². The van der Waals surface area contributed by atoms with Gasteiger partial charge in [-0.1, -0.05) is 11.6 Å². The Kier molecular flexibility index (Phi) is 4.16. The summed E-state index contributed by atoms with van der Waals surface area (Å²) in [5.74, 6) is -0.622. The first-order valence-electron chi connectivity index (χ1n) is 8.10. The molecule has 2 atom stereocenters. The van der Waals surface area contributed by atoms with Crippen LogP contribution in [0.4, 0.5) is 15.9 Å². The number of carbonyl (C=O) groups excluding carboxylic acids is 1. The van der Waals surface area contributed by atoms with Crippen molar-refractivity contribution in [2.45, 2.75) is 25.9 Å². The topological polar surface area (TPSA) is 70.5 Å². The number of fused-ring (bicyclic) bond motifs is 2. The van der Waals surface area contributed by atoms with Gasteiger partial charge in [-0.2, -0.15) is 4.98 Å². The maximum atomic E-state index is 15.0. The maximum absolute atomic E-state index is 15.0. The molecule has 0 saturated carbocycles. The second-order valence-corrected chi connectivity index (χ2v) is 8.14. The molecule has 0 radical (unpaired) electrons. The van der Waals surface area contributed by atoms with Gasteiger partial charge >= 0.3 is 5.69 Å². The molecule has 2 unspecified atom stereocenters. The minimum Gasteiger partial charge on any atom is -0.341 e. The molecule has 3 heterocycles. The van der Waals surface area contributed by atoms with Gasteiger partial charge in [0.15, 0.2) is 5.82 Å². The minimum absolute atomic E-state index is 0.0320. The van der Waals surface area contributed by atoms with Crippen LogP contribution in [-0.4, -0.2) is 50.8 Å². The van der Waals surface area contributed by atoms with Crippen molar-refractivity contribution < 1.29 is 9.18 Å². The number of benzene rings is 1. The highest BCUT2D eigenvalue weighted by atomic mass is 127. The van der Waals surface area contributed by atoms with Crippen molar-refractivity contribution >= 4 is 62.8 Å². The molecule has 2 aliphatic heterocycles. The molecular weight excluding hydrogens is 476 g/mol. The van der Waals surface area contributed by atoms with E-state index < -0.39 is 17.5 Å². The predicted octanol–water partition coefficient (Wildman–Crippen LogP) is 2.16. The summed E-state index contributed by atoms with van der Waals surface area (Å²) in [6, 6.07) is -0.424. The molecule has 1 aromatic carbocycles. The van der Waals surface area contributed by atoms with Crippen molar-refractivity contribution in [3.63, 3.8) is 0 Å². The summed E-state index contributed by atoms with van der Waals surface area (Å²) < 4.78 is 16.2. The number of amides is 1. The molecular formula is C16H16ClFIN5O2. The third-order valence-electron chi connectivity index (χ3n) is 5.24. The number of aromatic nitrogens is 2. The van der Waals surface area contributed by atoms with Gasteiger partial charge in [0.2, 0.25) is 5.91 Å². The van der Waals surface area contributed by atoms with Crippen LogP contribution in [0.2, 0.25) is 5.02 Å². The van der Waals surface area contributed by atoms with Gasteiger partial charge < -0.3 is 10.2 Å². The maximum Gasteiger partial charge on any atom is 0.359 e. The van der Waals surface area contributed by atoms with E-state index in [9.17, 15) is 14.0 Å². The Morgan fingerprint density at radius 2 is 2.04 bits per heavy atom. The van der Waals surface area contributed by atoms with Crippen LogP contribution in [0.1, 0.15) is 12.5 Å². The standard InChI is InChI=1S/C16H16ClFIN5O2/c1-6-4-23-8(5-22(6)3)15(25)20-12-9-13(10(17)7(2)11(12)18)24(19)16(26)21-14(9)23/h6,8H,4-5H2,1-3H3,(H,20,25). The van der Waals surface area contributed by atoms with E-state index >= 15 is 0 Å². The number of likely N-dealkylation sites (N-methyl/N-ethyl adjacent to an activating group) is 1. The number of halogens is 3. The van der Waals surface area contributed by atoms with Crippen LogP contribution < -0.4 is 15.9 Å². The van der Waals surface area contributed by atoms with Gasteiger partial charge in [-0.15, -0.1) is 0 Å². The molecule has 2 aromatic rings. The molecule has 10 heteroatoms. The first kappa shape index (κ1) is 17.9. The van der Waals surface area contributed by atoms with E-state index in [-0.39, 0.29) is 28.2 Å². The minimum atomic E-state index is -0.602. The lowest BCUT2D eigenvalue weighted by Gasteiger charge is -2.42. The average molecular weight is 492 g/mol. The molecule has 0 bridgehead atoms. The van der Waals surface area contributed by atoms with E-state index in [0.29, 0.717) is 29.8 Å². The Hall–Kier alpha value is -1.46. The molecule has 1 aromatic heterocycles. The van der Waals surface area contributed by atoms with Crippen molar-refractivity contribution in [1.82, 2.24) is 12.7 Å².